The molecule has 1 saturated heterocycles. The highest BCUT2D eigenvalue weighted by atomic mass is 16.2. The van der Waals surface area contributed by atoms with Crippen LogP contribution in [0.1, 0.15) is 33.1 Å². The number of rotatable bonds is 1. The fourth-order valence-corrected chi connectivity index (χ4v) is 2.38. The highest BCUT2D eigenvalue weighted by Crippen LogP contribution is 2.22. The molecule has 88 valence electrons. The number of hydrogen-bond acceptors (Lipinski definition) is 2. The molecule has 0 aromatic rings. The summed E-state index contributed by atoms with van der Waals surface area (Å²) in [6.45, 7) is 3.73. The molecule has 2 rings (SSSR count). The van der Waals surface area contributed by atoms with Crippen LogP contribution in [0.2, 0.25) is 0 Å². The standard InChI is InChI=1S/C12H18N2O2/c1-12(2)11(16)14(8-10(15)13-12)9-6-4-3-5-7-9/h3-4,9H,5-8H2,1-2H3,(H,13,15). The number of nitrogens with one attached hydrogen (secondary N) is 1. The van der Waals surface area contributed by atoms with Gasteiger partial charge < -0.3 is 10.2 Å². The van der Waals surface area contributed by atoms with Crippen LogP contribution in [0, 0.1) is 0 Å². The smallest absolute Gasteiger partial charge is 0.248 e. The van der Waals surface area contributed by atoms with E-state index in [0.29, 0.717) is 0 Å². The van der Waals surface area contributed by atoms with Crippen LogP contribution in [0.4, 0.5) is 0 Å². The van der Waals surface area contributed by atoms with Gasteiger partial charge in [0.1, 0.15) is 5.54 Å². The number of allylic oxidation sites excluding steroid dienone is 1. The Morgan fingerprint density at radius 3 is 2.75 bits per heavy atom. The van der Waals surface area contributed by atoms with E-state index in [9.17, 15) is 9.59 Å². The second-order valence-corrected chi connectivity index (χ2v) is 5.04. The Kier molecular flexibility index (Phi) is 2.74. The largest absolute Gasteiger partial charge is 0.341 e. The van der Waals surface area contributed by atoms with E-state index < -0.39 is 5.54 Å². The summed E-state index contributed by atoms with van der Waals surface area (Å²) in [6, 6.07) is 0.197. The third kappa shape index (κ3) is 1.96. The number of piperazine rings is 1. The SMILES string of the molecule is CC1(C)NC(=O)CN(C2CC=CCC2)C1=O. The van der Waals surface area contributed by atoms with Crippen molar-refractivity contribution < 1.29 is 9.59 Å². The number of carbonyl (C=O) groups excluding carboxylic acids is 2. The van der Waals surface area contributed by atoms with Crippen LogP contribution in [0.15, 0.2) is 12.2 Å². The number of nitrogens with zero attached hydrogens (tertiary/aromatic N) is 1. The first-order chi connectivity index (χ1) is 7.50. The van der Waals surface area contributed by atoms with Gasteiger partial charge in [-0.3, -0.25) is 9.59 Å². The average molecular weight is 222 g/mol. The summed E-state index contributed by atoms with van der Waals surface area (Å²) in [7, 11) is 0. The first-order valence-corrected chi connectivity index (χ1v) is 5.78. The number of amides is 2. The van der Waals surface area contributed by atoms with Gasteiger partial charge in [-0.2, -0.15) is 0 Å². The van der Waals surface area contributed by atoms with Gasteiger partial charge in [0, 0.05) is 6.04 Å². The highest BCUT2D eigenvalue weighted by Gasteiger charge is 2.41. The van der Waals surface area contributed by atoms with Gasteiger partial charge in [0.25, 0.3) is 0 Å². The first kappa shape index (κ1) is 11.2. The van der Waals surface area contributed by atoms with Crippen molar-refractivity contribution in [3.05, 3.63) is 12.2 Å². The van der Waals surface area contributed by atoms with Crippen molar-refractivity contribution >= 4 is 11.8 Å². The quantitative estimate of drug-likeness (QED) is 0.668. The van der Waals surface area contributed by atoms with Gasteiger partial charge in [0.15, 0.2) is 0 Å². The van der Waals surface area contributed by atoms with E-state index in [0.717, 1.165) is 19.3 Å². The molecule has 1 atom stereocenters. The lowest BCUT2D eigenvalue weighted by Gasteiger charge is -2.42. The molecule has 0 aromatic heterocycles. The molecule has 0 aromatic carbocycles. The molecule has 2 amide bonds. The average Bonchev–Trinajstić information content (AvgIpc) is 2.24. The van der Waals surface area contributed by atoms with E-state index in [1.165, 1.54) is 0 Å². The lowest BCUT2D eigenvalue weighted by molar-refractivity contribution is -0.151. The topological polar surface area (TPSA) is 49.4 Å². The Bertz CT molecular complexity index is 347. The summed E-state index contributed by atoms with van der Waals surface area (Å²) in [5, 5.41) is 2.73. The van der Waals surface area contributed by atoms with Crippen molar-refractivity contribution in [1.29, 1.82) is 0 Å². The van der Waals surface area contributed by atoms with Crippen molar-refractivity contribution in [3.63, 3.8) is 0 Å². The zero-order valence-corrected chi connectivity index (χ0v) is 9.82. The van der Waals surface area contributed by atoms with Crippen molar-refractivity contribution in [2.75, 3.05) is 6.54 Å². The maximum atomic E-state index is 12.2. The predicted octanol–water partition coefficient (Wildman–Crippen LogP) is 0.832. The molecule has 0 bridgehead atoms. The summed E-state index contributed by atoms with van der Waals surface area (Å²) >= 11 is 0. The van der Waals surface area contributed by atoms with Gasteiger partial charge >= 0.3 is 0 Å². The predicted molar refractivity (Wildman–Crippen MR) is 60.7 cm³/mol. The lowest BCUT2D eigenvalue weighted by Crippen LogP contribution is -2.65. The third-order valence-corrected chi connectivity index (χ3v) is 3.24. The van der Waals surface area contributed by atoms with Crippen LogP contribution < -0.4 is 5.32 Å². The Morgan fingerprint density at radius 2 is 2.12 bits per heavy atom. The molecule has 1 unspecified atom stereocenters. The van der Waals surface area contributed by atoms with E-state index in [1.807, 2.05) is 0 Å². The minimum atomic E-state index is -0.753. The molecule has 4 nitrogen and oxygen atoms in total. The van der Waals surface area contributed by atoms with Crippen LogP contribution in [0.25, 0.3) is 0 Å². The van der Waals surface area contributed by atoms with Gasteiger partial charge in [-0.25, -0.2) is 0 Å². The number of carbonyl (C=O) groups is 2. The summed E-state index contributed by atoms with van der Waals surface area (Å²) in [6.07, 6.45) is 7.06. The lowest BCUT2D eigenvalue weighted by atomic mass is 9.94. The fourth-order valence-electron chi connectivity index (χ4n) is 2.38. The second-order valence-electron chi connectivity index (χ2n) is 5.04. The fraction of sp³-hybridized carbons (Fsp3) is 0.667. The summed E-state index contributed by atoms with van der Waals surface area (Å²) in [5.74, 6) is -0.0217. The van der Waals surface area contributed by atoms with E-state index in [2.05, 4.69) is 17.5 Å². The minimum Gasteiger partial charge on any atom is -0.341 e. The van der Waals surface area contributed by atoms with Crippen molar-refractivity contribution in [2.24, 2.45) is 0 Å². The molecule has 1 heterocycles. The maximum Gasteiger partial charge on any atom is 0.248 e. The Morgan fingerprint density at radius 1 is 1.38 bits per heavy atom. The van der Waals surface area contributed by atoms with E-state index >= 15 is 0 Å². The van der Waals surface area contributed by atoms with Gasteiger partial charge in [-0.15, -0.1) is 0 Å². The minimum absolute atomic E-state index is 0.0346. The molecule has 0 spiro atoms. The molecule has 1 aliphatic heterocycles. The molecule has 0 radical (unpaired) electrons. The van der Waals surface area contributed by atoms with Crippen LogP contribution in [0.5, 0.6) is 0 Å². The van der Waals surface area contributed by atoms with Crippen molar-refractivity contribution in [2.45, 2.75) is 44.7 Å². The zero-order chi connectivity index (χ0) is 11.8. The van der Waals surface area contributed by atoms with Gasteiger partial charge in [0.05, 0.1) is 6.54 Å². The zero-order valence-electron chi connectivity index (χ0n) is 9.82. The Balaban J connectivity index is 2.16. The second kappa shape index (κ2) is 3.92. The summed E-state index contributed by atoms with van der Waals surface area (Å²) < 4.78 is 0. The normalized spacial score (nSPS) is 29.1. The monoisotopic (exact) mass is 222 g/mol. The van der Waals surface area contributed by atoms with E-state index in [1.54, 1.807) is 18.7 Å². The van der Waals surface area contributed by atoms with Crippen LogP contribution in [-0.2, 0) is 9.59 Å². The molecule has 0 saturated carbocycles. The summed E-state index contributed by atoms with van der Waals surface area (Å²) in [5.41, 5.74) is -0.753. The van der Waals surface area contributed by atoms with Gasteiger partial charge in [0.2, 0.25) is 11.8 Å². The van der Waals surface area contributed by atoms with Gasteiger partial charge in [-0.1, -0.05) is 12.2 Å². The van der Waals surface area contributed by atoms with E-state index in [-0.39, 0.29) is 24.4 Å². The third-order valence-electron chi connectivity index (χ3n) is 3.24. The van der Waals surface area contributed by atoms with Crippen LogP contribution >= 0.6 is 0 Å². The van der Waals surface area contributed by atoms with Crippen LogP contribution in [-0.4, -0.2) is 34.8 Å². The molecule has 1 fully saturated rings. The Labute approximate surface area is 95.7 Å². The first-order valence-electron chi connectivity index (χ1n) is 5.78. The molecule has 1 aliphatic carbocycles. The molecule has 1 N–H and O–H groups in total. The molecular formula is C12H18N2O2. The Hall–Kier alpha value is -1.32. The highest BCUT2D eigenvalue weighted by molar-refractivity contribution is 5.97. The number of hydrogen-bond donors (Lipinski definition) is 1. The van der Waals surface area contributed by atoms with E-state index in [4.69, 9.17) is 0 Å². The molecule has 4 heteroatoms. The van der Waals surface area contributed by atoms with Crippen LogP contribution in [0.3, 0.4) is 0 Å². The molecule has 16 heavy (non-hydrogen) atoms. The maximum absolute atomic E-state index is 12.2. The van der Waals surface area contributed by atoms with Crippen molar-refractivity contribution in [3.8, 4) is 0 Å². The summed E-state index contributed by atoms with van der Waals surface area (Å²) in [4.78, 5) is 25.5. The van der Waals surface area contributed by atoms with Crippen molar-refractivity contribution in [1.82, 2.24) is 10.2 Å². The van der Waals surface area contributed by atoms with Gasteiger partial charge in [-0.05, 0) is 33.1 Å². The molecular weight excluding hydrogens is 204 g/mol. The molecule has 2 aliphatic rings.